The summed E-state index contributed by atoms with van der Waals surface area (Å²) in [5.74, 6) is 1.24. The number of halogens is 1. The normalized spacial score (nSPS) is 21.9. The van der Waals surface area contributed by atoms with Gasteiger partial charge in [0.25, 0.3) is 5.91 Å². The molecule has 0 unspecified atom stereocenters. The van der Waals surface area contributed by atoms with Crippen molar-refractivity contribution in [3.63, 3.8) is 0 Å². The minimum atomic E-state index is -0.578. The van der Waals surface area contributed by atoms with Gasteiger partial charge in [-0.2, -0.15) is 0 Å². The topological polar surface area (TPSA) is 65.1 Å². The largest absolute Gasteiger partial charge is 0.454 e. The molecule has 2 aliphatic rings. The lowest BCUT2D eigenvalue weighted by Gasteiger charge is -2.34. The lowest BCUT2D eigenvalue weighted by molar-refractivity contribution is -0.149. The van der Waals surface area contributed by atoms with Crippen LogP contribution in [0, 0.1) is 11.8 Å². The van der Waals surface area contributed by atoms with Gasteiger partial charge in [-0.05, 0) is 42.0 Å². The Bertz CT molecular complexity index is 723. The van der Waals surface area contributed by atoms with E-state index in [1.54, 1.807) is 23.1 Å². The van der Waals surface area contributed by atoms with Crippen LogP contribution in [0.2, 0.25) is 5.02 Å². The van der Waals surface area contributed by atoms with Crippen molar-refractivity contribution in [3.05, 3.63) is 28.8 Å². The lowest BCUT2D eigenvalue weighted by atomic mass is 9.92. The molecule has 0 aromatic heterocycles. The van der Waals surface area contributed by atoms with Crippen LogP contribution in [0.3, 0.4) is 0 Å². The number of amides is 1. The van der Waals surface area contributed by atoms with E-state index in [1.807, 2.05) is 0 Å². The Labute approximate surface area is 157 Å². The highest BCUT2D eigenvalue weighted by molar-refractivity contribution is 6.32. The van der Waals surface area contributed by atoms with Crippen molar-refractivity contribution in [2.75, 3.05) is 26.5 Å². The van der Waals surface area contributed by atoms with Gasteiger partial charge in [0.1, 0.15) is 0 Å². The number of piperidine rings is 1. The van der Waals surface area contributed by atoms with Gasteiger partial charge < -0.3 is 19.1 Å². The number of hydrogen-bond donors (Lipinski definition) is 0. The molecule has 2 atom stereocenters. The van der Waals surface area contributed by atoms with Crippen LogP contribution in [0.4, 0.5) is 0 Å². The predicted molar refractivity (Wildman–Crippen MR) is 97.1 cm³/mol. The SMILES string of the molecule is C[C@H]1C[C@H](C)CN(C(=O)COC(=O)/C=C/c2cc(Cl)c3c(c2)OCO3)C1. The van der Waals surface area contributed by atoms with E-state index in [0.717, 1.165) is 6.42 Å². The Hall–Kier alpha value is -2.21. The Morgan fingerprint density at radius 3 is 2.73 bits per heavy atom. The fraction of sp³-hybridized carbons (Fsp3) is 0.474. The second-order valence-electron chi connectivity index (χ2n) is 6.92. The molecule has 7 heteroatoms. The van der Waals surface area contributed by atoms with E-state index in [2.05, 4.69) is 13.8 Å². The van der Waals surface area contributed by atoms with Crippen LogP contribution < -0.4 is 9.47 Å². The Kier molecular flexibility index (Phi) is 5.71. The molecule has 1 fully saturated rings. The molecule has 1 amide bonds. The molecule has 6 nitrogen and oxygen atoms in total. The molecule has 0 spiro atoms. The van der Waals surface area contributed by atoms with Crippen molar-refractivity contribution in [2.24, 2.45) is 11.8 Å². The van der Waals surface area contributed by atoms with Crippen LogP contribution in [-0.2, 0) is 14.3 Å². The first-order chi connectivity index (χ1) is 12.4. The van der Waals surface area contributed by atoms with Gasteiger partial charge in [-0.3, -0.25) is 4.79 Å². The van der Waals surface area contributed by atoms with Crippen molar-refractivity contribution in [2.45, 2.75) is 20.3 Å². The second kappa shape index (κ2) is 7.99. The molecule has 1 saturated heterocycles. The number of likely N-dealkylation sites (tertiary alicyclic amines) is 1. The summed E-state index contributed by atoms with van der Waals surface area (Å²) < 4.78 is 15.6. The summed E-state index contributed by atoms with van der Waals surface area (Å²) >= 11 is 6.10. The first-order valence-corrected chi connectivity index (χ1v) is 9.02. The maximum absolute atomic E-state index is 12.2. The van der Waals surface area contributed by atoms with E-state index in [1.165, 1.54) is 6.08 Å². The summed E-state index contributed by atoms with van der Waals surface area (Å²) in [7, 11) is 0. The van der Waals surface area contributed by atoms with E-state index in [9.17, 15) is 9.59 Å². The number of carbonyl (C=O) groups excluding carboxylic acids is 2. The molecule has 1 aromatic carbocycles. The molecule has 0 aliphatic carbocycles. The van der Waals surface area contributed by atoms with Crippen molar-refractivity contribution >= 4 is 29.6 Å². The van der Waals surface area contributed by atoms with Crippen LogP contribution in [0.1, 0.15) is 25.8 Å². The molecular formula is C19H22ClNO5. The summed E-state index contributed by atoms with van der Waals surface area (Å²) in [6.45, 7) is 5.56. The van der Waals surface area contributed by atoms with E-state index in [0.29, 0.717) is 47.0 Å². The summed E-state index contributed by atoms with van der Waals surface area (Å²) in [4.78, 5) is 25.9. The van der Waals surface area contributed by atoms with Crippen LogP contribution in [0.25, 0.3) is 6.08 Å². The molecule has 2 aliphatic heterocycles. The fourth-order valence-corrected chi connectivity index (χ4v) is 3.66. The van der Waals surface area contributed by atoms with E-state index in [4.69, 9.17) is 25.8 Å². The maximum Gasteiger partial charge on any atom is 0.331 e. The average Bonchev–Trinajstić information content (AvgIpc) is 3.06. The number of fused-ring (bicyclic) bond motifs is 1. The molecular weight excluding hydrogens is 358 g/mol. The molecule has 0 saturated carbocycles. The molecule has 0 radical (unpaired) electrons. The van der Waals surface area contributed by atoms with Crippen molar-refractivity contribution in [3.8, 4) is 11.5 Å². The summed E-state index contributed by atoms with van der Waals surface area (Å²) in [6.07, 6.45) is 3.94. The highest BCUT2D eigenvalue weighted by Gasteiger charge is 2.25. The number of hydrogen-bond acceptors (Lipinski definition) is 5. The zero-order chi connectivity index (χ0) is 18.7. The van der Waals surface area contributed by atoms with E-state index in [-0.39, 0.29) is 19.3 Å². The molecule has 0 N–H and O–H groups in total. The fourth-order valence-electron chi connectivity index (χ4n) is 3.39. The van der Waals surface area contributed by atoms with Gasteiger partial charge in [0.2, 0.25) is 6.79 Å². The number of nitrogens with zero attached hydrogens (tertiary/aromatic N) is 1. The molecule has 0 bridgehead atoms. The van der Waals surface area contributed by atoms with Gasteiger partial charge in [-0.1, -0.05) is 25.4 Å². The molecule has 1 aromatic rings. The zero-order valence-corrected chi connectivity index (χ0v) is 15.6. The molecule has 26 heavy (non-hydrogen) atoms. The van der Waals surface area contributed by atoms with E-state index < -0.39 is 5.97 Å². The zero-order valence-electron chi connectivity index (χ0n) is 14.9. The predicted octanol–water partition coefficient (Wildman–Crippen LogP) is 3.13. The summed E-state index contributed by atoms with van der Waals surface area (Å²) in [5.41, 5.74) is 0.682. The third kappa shape index (κ3) is 4.49. The molecule has 3 rings (SSSR count). The van der Waals surface area contributed by atoms with Gasteiger partial charge in [0.15, 0.2) is 18.1 Å². The van der Waals surface area contributed by atoms with Crippen LogP contribution >= 0.6 is 11.6 Å². The minimum Gasteiger partial charge on any atom is -0.454 e. The van der Waals surface area contributed by atoms with Crippen LogP contribution in [-0.4, -0.2) is 43.3 Å². The van der Waals surface area contributed by atoms with Gasteiger partial charge in [0, 0.05) is 19.2 Å². The average molecular weight is 380 g/mol. The number of benzene rings is 1. The lowest BCUT2D eigenvalue weighted by Crippen LogP contribution is -2.44. The third-order valence-electron chi connectivity index (χ3n) is 4.42. The first kappa shape index (κ1) is 18.6. The number of ether oxygens (including phenoxy) is 3. The number of esters is 1. The Balaban J connectivity index is 1.52. The Morgan fingerprint density at radius 2 is 2.00 bits per heavy atom. The highest BCUT2D eigenvalue weighted by Crippen LogP contribution is 2.40. The summed E-state index contributed by atoms with van der Waals surface area (Å²) in [5, 5.41) is 0.413. The quantitative estimate of drug-likeness (QED) is 0.594. The number of carbonyl (C=O) groups is 2. The smallest absolute Gasteiger partial charge is 0.331 e. The Morgan fingerprint density at radius 1 is 1.27 bits per heavy atom. The number of rotatable bonds is 4. The first-order valence-electron chi connectivity index (χ1n) is 8.64. The van der Waals surface area contributed by atoms with Crippen LogP contribution in [0.15, 0.2) is 18.2 Å². The van der Waals surface area contributed by atoms with Gasteiger partial charge in [0.05, 0.1) is 5.02 Å². The second-order valence-corrected chi connectivity index (χ2v) is 7.33. The summed E-state index contributed by atoms with van der Waals surface area (Å²) in [6, 6.07) is 3.39. The van der Waals surface area contributed by atoms with Crippen LogP contribution in [0.5, 0.6) is 11.5 Å². The van der Waals surface area contributed by atoms with Crippen molar-refractivity contribution in [1.82, 2.24) is 4.90 Å². The monoisotopic (exact) mass is 379 g/mol. The van der Waals surface area contributed by atoms with Gasteiger partial charge in [-0.25, -0.2) is 4.79 Å². The third-order valence-corrected chi connectivity index (χ3v) is 4.70. The minimum absolute atomic E-state index is 0.125. The van der Waals surface area contributed by atoms with E-state index >= 15 is 0 Å². The van der Waals surface area contributed by atoms with Gasteiger partial charge >= 0.3 is 5.97 Å². The standard InChI is InChI=1S/C19H22ClNO5/c1-12-5-13(2)9-21(8-12)17(22)10-24-18(23)4-3-14-6-15(20)19-16(7-14)25-11-26-19/h3-4,6-7,12-13H,5,8-11H2,1-2H3/b4-3+/t12-,13-/m0/s1. The molecule has 140 valence electrons. The van der Waals surface area contributed by atoms with Crippen molar-refractivity contribution in [1.29, 1.82) is 0 Å². The van der Waals surface area contributed by atoms with Crippen molar-refractivity contribution < 1.29 is 23.8 Å². The maximum atomic E-state index is 12.2. The van der Waals surface area contributed by atoms with Gasteiger partial charge in [-0.15, -0.1) is 0 Å². The molecule has 2 heterocycles. The highest BCUT2D eigenvalue weighted by atomic mass is 35.5.